The number of hydrogen-bond donors (Lipinski definition) is 3. The maximum absolute atomic E-state index is 12.2. The fourth-order valence-corrected chi connectivity index (χ4v) is 3.17. The number of para-hydroxylation sites is 1. The molecule has 1 atom stereocenters. The average molecular weight is 368 g/mol. The van der Waals surface area contributed by atoms with E-state index in [2.05, 4.69) is 10.6 Å². The molecule has 0 bridgehead atoms. The van der Waals surface area contributed by atoms with Gasteiger partial charge in [-0.1, -0.05) is 48.5 Å². The molecule has 1 aliphatic carbocycles. The standard InChI is InChI=1S/C21H24N2O4/c1-27-18-10-6-5-7-15(18)13-22-19(24)20(25)23-14-21(26,17-11-12-17)16-8-3-2-4-9-16/h2-10,17,26H,11-14H2,1H3,(H,22,24)(H,23,25). The zero-order valence-corrected chi connectivity index (χ0v) is 15.3. The van der Waals surface area contributed by atoms with Crippen molar-refractivity contribution in [3.8, 4) is 5.75 Å². The Hall–Kier alpha value is -2.86. The number of hydrogen-bond acceptors (Lipinski definition) is 4. The summed E-state index contributed by atoms with van der Waals surface area (Å²) in [5.41, 5.74) is 0.377. The Morgan fingerprint density at radius 2 is 1.67 bits per heavy atom. The fraction of sp³-hybridized carbons (Fsp3) is 0.333. The van der Waals surface area contributed by atoms with Crippen LogP contribution in [-0.2, 0) is 21.7 Å². The quantitative estimate of drug-likeness (QED) is 0.650. The minimum atomic E-state index is -1.15. The molecular formula is C21H24N2O4. The van der Waals surface area contributed by atoms with Crippen LogP contribution in [0.3, 0.4) is 0 Å². The van der Waals surface area contributed by atoms with E-state index >= 15 is 0 Å². The number of nitrogens with one attached hydrogen (secondary N) is 2. The molecule has 1 fully saturated rings. The molecule has 0 radical (unpaired) electrons. The zero-order valence-electron chi connectivity index (χ0n) is 15.3. The first-order valence-electron chi connectivity index (χ1n) is 9.00. The molecule has 0 aromatic heterocycles. The van der Waals surface area contributed by atoms with Crippen LogP contribution in [0.2, 0.25) is 0 Å². The lowest BCUT2D eigenvalue weighted by atomic mass is 9.88. The van der Waals surface area contributed by atoms with Crippen molar-refractivity contribution in [3.05, 3.63) is 65.7 Å². The molecule has 0 spiro atoms. The molecular weight excluding hydrogens is 344 g/mol. The number of rotatable bonds is 7. The third kappa shape index (κ3) is 4.46. The molecule has 2 aromatic rings. The molecule has 2 aromatic carbocycles. The molecule has 2 amide bonds. The smallest absolute Gasteiger partial charge is 0.309 e. The Labute approximate surface area is 158 Å². The van der Waals surface area contributed by atoms with Gasteiger partial charge in [0, 0.05) is 12.1 Å². The number of methoxy groups -OCH3 is 1. The SMILES string of the molecule is COc1ccccc1CNC(=O)C(=O)NCC(O)(c1ccccc1)C1CC1. The molecule has 3 rings (SSSR count). The van der Waals surface area contributed by atoms with Gasteiger partial charge in [-0.2, -0.15) is 0 Å². The van der Waals surface area contributed by atoms with Crippen LogP contribution in [0, 0.1) is 5.92 Å². The van der Waals surface area contributed by atoms with E-state index in [0.717, 1.165) is 24.0 Å². The molecule has 27 heavy (non-hydrogen) atoms. The van der Waals surface area contributed by atoms with Crippen LogP contribution in [0.15, 0.2) is 54.6 Å². The third-order valence-electron chi connectivity index (χ3n) is 4.88. The summed E-state index contributed by atoms with van der Waals surface area (Å²) in [5, 5.41) is 16.2. The van der Waals surface area contributed by atoms with Gasteiger partial charge < -0.3 is 20.5 Å². The van der Waals surface area contributed by atoms with Crippen molar-refractivity contribution in [1.29, 1.82) is 0 Å². The Kier molecular flexibility index (Phi) is 5.76. The van der Waals surface area contributed by atoms with Crippen LogP contribution < -0.4 is 15.4 Å². The first-order chi connectivity index (χ1) is 13.0. The Balaban J connectivity index is 1.57. The number of benzene rings is 2. The summed E-state index contributed by atoms with van der Waals surface area (Å²) in [5.74, 6) is -0.769. The molecule has 142 valence electrons. The average Bonchev–Trinajstić information content (AvgIpc) is 3.56. The van der Waals surface area contributed by atoms with Gasteiger partial charge in [0.05, 0.1) is 13.7 Å². The minimum absolute atomic E-state index is 0.00257. The molecule has 1 unspecified atom stereocenters. The van der Waals surface area contributed by atoms with Crippen LogP contribution in [0.1, 0.15) is 24.0 Å². The lowest BCUT2D eigenvalue weighted by Crippen LogP contribution is -2.47. The van der Waals surface area contributed by atoms with Crippen LogP contribution >= 0.6 is 0 Å². The second-order valence-electron chi connectivity index (χ2n) is 6.74. The van der Waals surface area contributed by atoms with Crippen molar-refractivity contribution < 1.29 is 19.4 Å². The molecule has 0 aliphatic heterocycles. The van der Waals surface area contributed by atoms with Crippen LogP contribution in [0.4, 0.5) is 0 Å². The highest BCUT2D eigenvalue weighted by Gasteiger charge is 2.45. The lowest BCUT2D eigenvalue weighted by Gasteiger charge is -2.29. The monoisotopic (exact) mass is 368 g/mol. The molecule has 6 nitrogen and oxygen atoms in total. The molecule has 1 aliphatic rings. The summed E-state index contributed by atoms with van der Waals surface area (Å²) in [6.07, 6.45) is 1.81. The highest BCUT2D eigenvalue weighted by Crippen LogP contribution is 2.45. The molecule has 1 saturated carbocycles. The van der Waals surface area contributed by atoms with Crippen LogP contribution in [-0.4, -0.2) is 30.6 Å². The van der Waals surface area contributed by atoms with Crippen molar-refractivity contribution in [2.24, 2.45) is 5.92 Å². The molecule has 0 heterocycles. The van der Waals surface area contributed by atoms with Crippen LogP contribution in [0.5, 0.6) is 5.75 Å². The van der Waals surface area contributed by atoms with E-state index in [-0.39, 0.29) is 19.0 Å². The van der Waals surface area contributed by atoms with Gasteiger partial charge in [0.25, 0.3) is 0 Å². The van der Waals surface area contributed by atoms with Gasteiger partial charge in [0.2, 0.25) is 0 Å². The van der Waals surface area contributed by atoms with Crippen LogP contribution in [0.25, 0.3) is 0 Å². The summed E-state index contributed by atoms with van der Waals surface area (Å²) in [6.45, 7) is 0.185. The number of ether oxygens (including phenoxy) is 1. The van der Waals surface area contributed by atoms with E-state index in [4.69, 9.17) is 4.74 Å². The number of carbonyl (C=O) groups excluding carboxylic acids is 2. The van der Waals surface area contributed by atoms with E-state index in [1.807, 2.05) is 48.5 Å². The summed E-state index contributed by atoms with van der Waals surface area (Å²) < 4.78 is 5.23. The van der Waals surface area contributed by atoms with Crippen molar-refractivity contribution in [1.82, 2.24) is 10.6 Å². The predicted octanol–water partition coefficient (Wildman–Crippen LogP) is 1.73. The van der Waals surface area contributed by atoms with E-state index in [9.17, 15) is 14.7 Å². The fourth-order valence-electron chi connectivity index (χ4n) is 3.17. The second kappa shape index (κ2) is 8.22. The van der Waals surface area contributed by atoms with Crippen molar-refractivity contribution in [2.75, 3.05) is 13.7 Å². The number of carbonyl (C=O) groups is 2. The largest absolute Gasteiger partial charge is 0.496 e. The van der Waals surface area contributed by atoms with Gasteiger partial charge in [-0.05, 0) is 30.4 Å². The van der Waals surface area contributed by atoms with Gasteiger partial charge in [-0.3, -0.25) is 9.59 Å². The third-order valence-corrected chi connectivity index (χ3v) is 4.88. The van der Waals surface area contributed by atoms with Crippen molar-refractivity contribution in [3.63, 3.8) is 0 Å². The minimum Gasteiger partial charge on any atom is -0.496 e. The summed E-state index contributed by atoms with van der Waals surface area (Å²) in [7, 11) is 1.55. The van der Waals surface area contributed by atoms with E-state index in [1.165, 1.54) is 0 Å². The second-order valence-corrected chi connectivity index (χ2v) is 6.74. The molecule has 0 saturated heterocycles. The summed E-state index contributed by atoms with van der Waals surface area (Å²) in [4.78, 5) is 24.3. The van der Waals surface area contributed by atoms with Gasteiger partial charge in [-0.25, -0.2) is 0 Å². The Bertz CT molecular complexity index is 805. The Morgan fingerprint density at radius 1 is 1.04 bits per heavy atom. The number of amides is 2. The van der Waals surface area contributed by atoms with Gasteiger partial charge in [0.15, 0.2) is 0 Å². The highest BCUT2D eigenvalue weighted by molar-refractivity contribution is 6.35. The normalized spacial score (nSPS) is 15.5. The Morgan fingerprint density at radius 3 is 2.33 bits per heavy atom. The molecule has 6 heteroatoms. The maximum Gasteiger partial charge on any atom is 0.309 e. The van der Waals surface area contributed by atoms with Gasteiger partial charge in [-0.15, -0.1) is 0 Å². The highest BCUT2D eigenvalue weighted by atomic mass is 16.5. The van der Waals surface area contributed by atoms with Crippen molar-refractivity contribution in [2.45, 2.75) is 25.0 Å². The summed E-state index contributed by atoms with van der Waals surface area (Å²) >= 11 is 0. The first-order valence-corrected chi connectivity index (χ1v) is 9.00. The van der Waals surface area contributed by atoms with Gasteiger partial charge in [0.1, 0.15) is 11.4 Å². The lowest BCUT2D eigenvalue weighted by molar-refractivity contribution is -0.140. The van der Waals surface area contributed by atoms with Gasteiger partial charge >= 0.3 is 11.8 Å². The topological polar surface area (TPSA) is 87.7 Å². The zero-order chi connectivity index (χ0) is 19.3. The van der Waals surface area contributed by atoms with E-state index < -0.39 is 17.4 Å². The van der Waals surface area contributed by atoms with E-state index in [0.29, 0.717) is 5.75 Å². The first kappa shape index (κ1) is 18.9. The van der Waals surface area contributed by atoms with Crippen molar-refractivity contribution >= 4 is 11.8 Å². The summed E-state index contributed by atoms with van der Waals surface area (Å²) in [6, 6.07) is 16.5. The number of aliphatic hydroxyl groups is 1. The molecule has 3 N–H and O–H groups in total. The van der Waals surface area contributed by atoms with E-state index in [1.54, 1.807) is 13.2 Å². The predicted molar refractivity (Wildman–Crippen MR) is 101 cm³/mol. The maximum atomic E-state index is 12.2.